The molecule has 4 fully saturated rings. The Morgan fingerprint density at radius 3 is 2.13 bits per heavy atom. The van der Waals surface area contributed by atoms with Crippen molar-refractivity contribution in [3.63, 3.8) is 0 Å². The second kappa shape index (κ2) is 6.24. The van der Waals surface area contributed by atoms with Gasteiger partial charge in [-0.3, -0.25) is 0 Å². The summed E-state index contributed by atoms with van der Waals surface area (Å²) in [4.78, 5) is 0. The molecular weight excluding hydrogens is 452 g/mol. The highest BCUT2D eigenvalue weighted by molar-refractivity contribution is 9.10. The topological polar surface area (TPSA) is 0 Å². The standard InChI is InChI=1S/C28H24BrCl/c29-22-12-19(13-23(30)15-22)18-5-6-25-24-3-1-2-4-26(24)28(27(25)14-18)20-8-16-7-17(10-20)11-21(28)9-16/h1-6,12-17,20-21H,7-11H2. The Labute approximate surface area is 191 Å². The van der Waals surface area contributed by atoms with Crippen LogP contribution in [0.5, 0.6) is 0 Å². The van der Waals surface area contributed by atoms with Gasteiger partial charge in [-0.2, -0.15) is 0 Å². The first-order valence-electron chi connectivity index (χ1n) is 11.3. The number of hydrogen-bond acceptors (Lipinski definition) is 0. The molecule has 0 amide bonds. The van der Waals surface area contributed by atoms with Gasteiger partial charge in [-0.1, -0.05) is 63.9 Å². The number of benzene rings is 3. The lowest BCUT2D eigenvalue weighted by molar-refractivity contribution is -0.0399. The van der Waals surface area contributed by atoms with Gasteiger partial charge >= 0.3 is 0 Å². The van der Waals surface area contributed by atoms with E-state index in [2.05, 4.69) is 70.5 Å². The van der Waals surface area contributed by atoms with E-state index in [1.165, 1.54) is 54.4 Å². The summed E-state index contributed by atoms with van der Waals surface area (Å²) in [5, 5.41) is 0.785. The van der Waals surface area contributed by atoms with Crippen molar-refractivity contribution in [2.45, 2.75) is 37.5 Å². The van der Waals surface area contributed by atoms with Crippen molar-refractivity contribution in [2.75, 3.05) is 0 Å². The van der Waals surface area contributed by atoms with E-state index in [0.717, 1.165) is 33.2 Å². The number of rotatable bonds is 1. The van der Waals surface area contributed by atoms with Gasteiger partial charge in [0.25, 0.3) is 0 Å². The lowest BCUT2D eigenvalue weighted by Gasteiger charge is -2.61. The fourth-order valence-electron chi connectivity index (χ4n) is 8.05. The average molecular weight is 476 g/mol. The zero-order valence-corrected chi connectivity index (χ0v) is 19.2. The largest absolute Gasteiger partial charge is 0.0843 e. The minimum Gasteiger partial charge on any atom is -0.0843 e. The third kappa shape index (κ3) is 2.29. The second-order valence-electron chi connectivity index (χ2n) is 10.1. The molecule has 0 saturated heterocycles. The summed E-state index contributed by atoms with van der Waals surface area (Å²) >= 11 is 10.0. The van der Waals surface area contributed by atoms with E-state index in [1.54, 1.807) is 11.1 Å². The maximum absolute atomic E-state index is 6.40. The summed E-state index contributed by atoms with van der Waals surface area (Å²) < 4.78 is 1.04. The van der Waals surface area contributed by atoms with Crippen molar-refractivity contribution in [3.05, 3.63) is 81.3 Å². The molecule has 0 N–H and O–H groups in total. The van der Waals surface area contributed by atoms with Crippen molar-refractivity contribution in [1.29, 1.82) is 0 Å². The highest BCUT2D eigenvalue weighted by Crippen LogP contribution is 2.69. The molecule has 8 rings (SSSR count). The third-order valence-electron chi connectivity index (χ3n) is 8.75. The van der Waals surface area contributed by atoms with E-state index in [0.29, 0.717) is 0 Å². The molecule has 30 heavy (non-hydrogen) atoms. The van der Waals surface area contributed by atoms with Gasteiger partial charge in [-0.05, 0) is 113 Å². The molecule has 0 nitrogen and oxygen atoms in total. The SMILES string of the molecule is Clc1cc(Br)cc(-c2ccc3c(c2)C2(c4ccccc4-3)C3CC4CC(C3)CC2C4)c1. The maximum Gasteiger partial charge on any atom is 0.0423 e. The summed E-state index contributed by atoms with van der Waals surface area (Å²) in [5.41, 5.74) is 8.90. The first-order chi connectivity index (χ1) is 14.6. The molecule has 0 aliphatic heterocycles. The minimum atomic E-state index is 0.227. The Hall–Kier alpha value is -1.57. The first-order valence-corrected chi connectivity index (χ1v) is 12.5. The molecule has 0 unspecified atom stereocenters. The van der Waals surface area contributed by atoms with Crippen molar-refractivity contribution >= 4 is 27.5 Å². The highest BCUT2D eigenvalue weighted by atomic mass is 79.9. The van der Waals surface area contributed by atoms with Crippen LogP contribution in [0.2, 0.25) is 5.02 Å². The molecule has 150 valence electrons. The molecule has 0 atom stereocenters. The minimum absolute atomic E-state index is 0.227. The normalized spacial score (nSPS) is 32.5. The van der Waals surface area contributed by atoms with E-state index >= 15 is 0 Å². The Kier molecular flexibility index (Phi) is 3.75. The summed E-state index contributed by atoms with van der Waals surface area (Å²) in [5.74, 6) is 3.55. The summed E-state index contributed by atoms with van der Waals surface area (Å²) in [7, 11) is 0. The van der Waals surface area contributed by atoms with Gasteiger partial charge in [0.15, 0.2) is 0 Å². The zero-order chi connectivity index (χ0) is 20.0. The van der Waals surface area contributed by atoms with Gasteiger partial charge in [-0.15, -0.1) is 0 Å². The van der Waals surface area contributed by atoms with Gasteiger partial charge in [0.2, 0.25) is 0 Å². The Morgan fingerprint density at radius 2 is 1.40 bits per heavy atom. The van der Waals surface area contributed by atoms with Crippen LogP contribution in [-0.4, -0.2) is 0 Å². The van der Waals surface area contributed by atoms with Crippen LogP contribution in [-0.2, 0) is 5.41 Å². The number of fused-ring (bicyclic) bond motifs is 3. The molecule has 3 aromatic rings. The molecule has 3 aromatic carbocycles. The summed E-state index contributed by atoms with van der Waals surface area (Å²) in [6.07, 6.45) is 7.19. The molecule has 5 aliphatic carbocycles. The molecule has 4 saturated carbocycles. The van der Waals surface area contributed by atoms with E-state index in [-0.39, 0.29) is 5.41 Å². The molecule has 2 heteroatoms. The van der Waals surface area contributed by atoms with Gasteiger partial charge in [0.1, 0.15) is 0 Å². The molecule has 4 bridgehead atoms. The second-order valence-corrected chi connectivity index (χ2v) is 11.5. The molecule has 0 aromatic heterocycles. The zero-order valence-electron chi connectivity index (χ0n) is 16.9. The van der Waals surface area contributed by atoms with Crippen LogP contribution in [0.4, 0.5) is 0 Å². The van der Waals surface area contributed by atoms with Gasteiger partial charge in [0.05, 0.1) is 0 Å². The van der Waals surface area contributed by atoms with Gasteiger partial charge in [0, 0.05) is 14.9 Å². The van der Waals surface area contributed by atoms with Crippen LogP contribution >= 0.6 is 27.5 Å². The predicted octanol–water partition coefficient (Wildman–Crippen LogP) is 8.49. The van der Waals surface area contributed by atoms with E-state index < -0.39 is 0 Å². The Morgan fingerprint density at radius 1 is 0.700 bits per heavy atom. The lowest BCUT2D eigenvalue weighted by Crippen LogP contribution is -2.55. The average Bonchev–Trinajstić information content (AvgIpc) is 3.01. The molecule has 0 radical (unpaired) electrons. The molecule has 5 aliphatic rings. The van der Waals surface area contributed by atoms with Crippen molar-refractivity contribution in [1.82, 2.24) is 0 Å². The van der Waals surface area contributed by atoms with Gasteiger partial charge < -0.3 is 0 Å². The van der Waals surface area contributed by atoms with Crippen molar-refractivity contribution < 1.29 is 0 Å². The van der Waals surface area contributed by atoms with E-state index in [9.17, 15) is 0 Å². The monoisotopic (exact) mass is 474 g/mol. The van der Waals surface area contributed by atoms with Gasteiger partial charge in [-0.25, -0.2) is 0 Å². The smallest absolute Gasteiger partial charge is 0.0423 e. The highest BCUT2D eigenvalue weighted by Gasteiger charge is 2.61. The Bertz CT molecular complexity index is 1140. The van der Waals surface area contributed by atoms with Crippen LogP contribution in [0.15, 0.2) is 65.1 Å². The summed E-state index contributed by atoms with van der Waals surface area (Å²) in [6.45, 7) is 0. The van der Waals surface area contributed by atoms with Crippen molar-refractivity contribution in [3.8, 4) is 22.3 Å². The lowest BCUT2D eigenvalue weighted by atomic mass is 9.43. The quantitative estimate of drug-likeness (QED) is 0.331. The van der Waals surface area contributed by atoms with Crippen LogP contribution < -0.4 is 0 Å². The van der Waals surface area contributed by atoms with Crippen LogP contribution in [0.3, 0.4) is 0 Å². The Balaban J connectivity index is 1.48. The van der Waals surface area contributed by atoms with Crippen LogP contribution in [0.1, 0.15) is 43.2 Å². The fraction of sp³-hybridized carbons (Fsp3) is 0.357. The molecule has 1 spiro atoms. The van der Waals surface area contributed by atoms with Crippen LogP contribution in [0.25, 0.3) is 22.3 Å². The van der Waals surface area contributed by atoms with E-state index in [1.807, 2.05) is 6.07 Å². The van der Waals surface area contributed by atoms with E-state index in [4.69, 9.17) is 11.6 Å². The predicted molar refractivity (Wildman–Crippen MR) is 128 cm³/mol. The number of hydrogen-bond donors (Lipinski definition) is 0. The molecule has 0 heterocycles. The maximum atomic E-state index is 6.40. The first kappa shape index (κ1) is 18.0. The van der Waals surface area contributed by atoms with Crippen molar-refractivity contribution in [2.24, 2.45) is 23.7 Å². The summed E-state index contributed by atoms with van der Waals surface area (Å²) in [6, 6.07) is 22.8. The third-order valence-corrected chi connectivity index (χ3v) is 9.43. The van der Waals surface area contributed by atoms with Crippen LogP contribution in [0, 0.1) is 23.7 Å². The number of halogens is 2. The fourth-order valence-corrected chi connectivity index (χ4v) is 8.91. The molecular formula is C28H24BrCl.